The fourth-order valence-electron chi connectivity index (χ4n) is 3.18. The largest absolute Gasteiger partial charge is 0.461 e. The molecule has 5 rings (SSSR count). The molecule has 0 aliphatic heterocycles. The number of benzene rings is 1. The SMILES string of the molecule is c1ccc(CCn2c(Cc3cccs3)nnc2SCc2nc(-c3ccco3)no2)cc1. The average Bonchev–Trinajstić information content (AvgIpc) is 3.60. The van der Waals surface area contributed by atoms with Crippen molar-refractivity contribution in [1.29, 1.82) is 0 Å². The van der Waals surface area contributed by atoms with Crippen LogP contribution in [0, 0.1) is 0 Å². The van der Waals surface area contributed by atoms with Crippen LogP contribution in [0.3, 0.4) is 0 Å². The molecule has 0 spiro atoms. The molecule has 0 bridgehead atoms. The molecular formula is C22H19N5O2S2. The Morgan fingerprint density at radius 2 is 1.94 bits per heavy atom. The van der Waals surface area contributed by atoms with Crippen LogP contribution in [0.5, 0.6) is 0 Å². The van der Waals surface area contributed by atoms with E-state index in [1.54, 1.807) is 41.5 Å². The maximum absolute atomic E-state index is 5.37. The first-order chi connectivity index (χ1) is 15.3. The lowest BCUT2D eigenvalue weighted by Gasteiger charge is -2.09. The summed E-state index contributed by atoms with van der Waals surface area (Å²) in [6, 6.07) is 18.2. The van der Waals surface area contributed by atoms with Gasteiger partial charge in [0.2, 0.25) is 11.7 Å². The number of rotatable bonds is 9. The number of hydrogen-bond donors (Lipinski definition) is 0. The van der Waals surface area contributed by atoms with Gasteiger partial charge < -0.3 is 13.5 Å². The molecule has 0 atom stereocenters. The highest BCUT2D eigenvalue weighted by molar-refractivity contribution is 7.98. The molecule has 0 radical (unpaired) electrons. The third-order valence-electron chi connectivity index (χ3n) is 4.71. The van der Waals surface area contributed by atoms with Gasteiger partial charge >= 0.3 is 0 Å². The van der Waals surface area contributed by atoms with Crippen molar-refractivity contribution >= 4 is 23.1 Å². The standard InChI is InChI=1S/C22H19N5O2S2/c1-2-6-16(7-3-1)10-11-27-19(14-17-8-5-13-30-17)24-25-22(27)31-15-20-23-21(26-29-20)18-9-4-12-28-18/h1-9,12-13H,10-11,14-15H2. The lowest BCUT2D eigenvalue weighted by atomic mass is 10.1. The third-order valence-corrected chi connectivity index (χ3v) is 6.54. The number of aryl methyl sites for hydroxylation is 1. The van der Waals surface area contributed by atoms with E-state index in [1.807, 2.05) is 6.07 Å². The number of furan rings is 1. The Morgan fingerprint density at radius 3 is 2.74 bits per heavy atom. The maximum atomic E-state index is 5.37. The van der Waals surface area contributed by atoms with Crippen LogP contribution < -0.4 is 0 Å². The van der Waals surface area contributed by atoms with E-state index in [-0.39, 0.29) is 0 Å². The number of aromatic nitrogens is 5. The fraction of sp³-hybridized carbons (Fsp3) is 0.182. The summed E-state index contributed by atoms with van der Waals surface area (Å²) in [6.07, 6.45) is 3.26. The molecule has 9 heteroatoms. The second-order valence-corrected chi connectivity index (χ2v) is 8.79. The zero-order chi connectivity index (χ0) is 20.9. The van der Waals surface area contributed by atoms with E-state index in [0.717, 1.165) is 30.4 Å². The van der Waals surface area contributed by atoms with E-state index in [2.05, 4.69) is 66.7 Å². The number of hydrogen-bond acceptors (Lipinski definition) is 8. The van der Waals surface area contributed by atoms with Crippen LogP contribution in [0.25, 0.3) is 11.6 Å². The van der Waals surface area contributed by atoms with E-state index >= 15 is 0 Å². The second-order valence-electron chi connectivity index (χ2n) is 6.82. The molecule has 156 valence electrons. The van der Waals surface area contributed by atoms with E-state index in [0.29, 0.717) is 23.2 Å². The summed E-state index contributed by atoms with van der Waals surface area (Å²) in [6.45, 7) is 0.807. The van der Waals surface area contributed by atoms with E-state index in [4.69, 9.17) is 8.94 Å². The summed E-state index contributed by atoms with van der Waals surface area (Å²) < 4.78 is 12.9. The first-order valence-electron chi connectivity index (χ1n) is 9.83. The Balaban J connectivity index is 1.32. The summed E-state index contributed by atoms with van der Waals surface area (Å²) >= 11 is 3.28. The molecule has 0 amide bonds. The van der Waals surface area contributed by atoms with Gasteiger partial charge in [0, 0.05) is 17.8 Å². The highest BCUT2D eigenvalue weighted by atomic mass is 32.2. The lowest BCUT2D eigenvalue weighted by Crippen LogP contribution is -2.08. The van der Waals surface area contributed by atoms with Gasteiger partial charge in [-0.25, -0.2) is 0 Å². The molecule has 7 nitrogen and oxygen atoms in total. The van der Waals surface area contributed by atoms with Crippen molar-refractivity contribution in [2.45, 2.75) is 30.3 Å². The van der Waals surface area contributed by atoms with Crippen LogP contribution in [0.1, 0.15) is 22.2 Å². The van der Waals surface area contributed by atoms with E-state index in [1.165, 1.54) is 10.4 Å². The van der Waals surface area contributed by atoms with Crippen LogP contribution in [-0.4, -0.2) is 24.9 Å². The third kappa shape index (κ3) is 4.78. The Hall–Kier alpha value is -3.17. The smallest absolute Gasteiger partial charge is 0.238 e. The predicted octanol–water partition coefficient (Wildman–Crippen LogP) is 5.11. The van der Waals surface area contributed by atoms with Crippen molar-refractivity contribution in [3.05, 3.63) is 88.4 Å². The molecule has 0 aliphatic carbocycles. The summed E-state index contributed by atoms with van der Waals surface area (Å²) in [5, 5.41) is 15.9. The minimum Gasteiger partial charge on any atom is -0.461 e. The van der Waals surface area contributed by atoms with Gasteiger partial charge in [-0.3, -0.25) is 0 Å². The first-order valence-corrected chi connectivity index (χ1v) is 11.7. The zero-order valence-electron chi connectivity index (χ0n) is 16.5. The van der Waals surface area contributed by atoms with Gasteiger partial charge in [-0.15, -0.1) is 21.5 Å². The van der Waals surface area contributed by atoms with Gasteiger partial charge in [-0.2, -0.15) is 4.98 Å². The van der Waals surface area contributed by atoms with Gasteiger partial charge in [0.25, 0.3) is 0 Å². The molecular weight excluding hydrogens is 430 g/mol. The average molecular weight is 450 g/mol. The molecule has 4 aromatic heterocycles. The van der Waals surface area contributed by atoms with Crippen LogP contribution in [-0.2, 0) is 25.1 Å². The Bertz CT molecular complexity index is 1210. The van der Waals surface area contributed by atoms with Crippen molar-refractivity contribution < 1.29 is 8.94 Å². The van der Waals surface area contributed by atoms with Crippen molar-refractivity contribution in [2.75, 3.05) is 0 Å². The quantitative estimate of drug-likeness (QED) is 0.289. The summed E-state index contributed by atoms with van der Waals surface area (Å²) in [4.78, 5) is 5.68. The molecule has 0 saturated heterocycles. The van der Waals surface area contributed by atoms with Gasteiger partial charge in [-0.05, 0) is 35.6 Å². The first kappa shape index (κ1) is 19.8. The van der Waals surface area contributed by atoms with Gasteiger partial charge in [-0.1, -0.05) is 53.3 Å². The summed E-state index contributed by atoms with van der Waals surface area (Å²) in [5.74, 6) is 3.03. The highest BCUT2D eigenvalue weighted by Gasteiger charge is 2.16. The molecule has 0 N–H and O–H groups in total. The second kappa shape index (κ2) is 9.32. The molecule has 5 aromatic rings. The predicted molar refractivity (Wildman–Crippen MR) is 119 cm³/mol. The maximum Gasteiger partial charge on any atom is 0.238 e. The molecule has 0 saturated carbocycles. The van der Waals surface area contributed by atoms with Crippen molar-refractivity contribution in [3.8, 4) is 11.6 Å². The van der Waals surface area contributed by atoms with Crippen molar-refractivity contribution in [3.63, 3.8) is 0 Å². The van der Waals surface area contributed by atoms with E-state index < -0.39 is 0 Å². The minimum atomic E-state index is 0.449. The minimum absolute atomic E-state index is 0.449. The molecule has 0 unspecified atom stereocenters. The van der Waals surface area contributed by atoms with Crippen molar-refractivity contribution in [1.82, 2.24) is 24.9 Å². The van der Waals surface area contributed by atoms with Gasteiger partial charge in [0.05, 0.1) is 12.0 Å². The highest BCUT2D eigenvalue weighted by Crippen LogP contribution is 2.25. The Kier molecular flexibility index (Phi) is 5.94. The fourth-order valence-corrected chi connectivity index (χ4v) is 4.70. The number of thioether (sulfide) groups is 1. The lowest BCUT2D eigenvalue weighted by molar-refractivity contribution is 0.390. The van der Waals surface area contributed by atoms with Gasteiger partial charge in [0.15, 0.2) is 10.9 Å². The monoisotopic (exact) mass is 449 g/mol. The number of nitrogens with zero attached hydrogens (tertiary/aromatic N) is 5. The molecule has 1 aromatic carbocycles. The van der Waals surface area contributed by atoms with Crippen LogP contribution >= 0.6 is 23.1 Å². The van der Waals surface area contributed by atoms with Crippen LogP contribution in [0.15, 0.2) is 80.3 Å². The van der Waals surface area contributed by atoms with Crippen molar-refractivity contribution in [2.24, 2.45) is 0 Å². The normalized spacial score (nSPS) is 11.2. The Labute approximate surface area is 187 Å². The summed E-state index contributed by atoms with van der Waals surface area (Å²) in [7, 11) is 0. The van der Waals surface area contributed by atoms with Crippen LogP contribution in [0.2, 0.25) is 0 Å². The van der Waals surface area contributed by atoms with Gasteiger partial charge in [0.1, 0.15) is 5.82 Å². The zero-order valence-corrected chi connectivity index (χ0v) is 18.2. The Morgan fingerprint density at radius 1 is 1.00 bits per heavy atom. The summed E-state index contributed by atoms with van der Waals surface area (Å²) in [5.41, 5.74) is 1.29. The van der Waals surface area contributed by atoms with Crippen LogP contribution in [0.4, 0.5) is 0 Å². The molecule has 0 fully saturated rings. The molecule has 31 heavy (non-hydrogen) atoms. The number of thiophene rings is 1. The topological polar surface area (TPSA) is 82.8 Å². The van der Waals surface area contributed by atoms with E-state index in [9.17, 15) is 0 Å². The molecule has 0 aliphatic rings. The molecule has 4 heterocycles.